The zero-order chi connectivity index (χ0) is 19.6. The fraction of sp³-hybridized carbons (Fsp3) is 0.391. The number of carbonyl (C=O) groups is 2. The molecule has 2 aromatic rings. The van der Waals surface area contributed by atoms with Crippen LogP contribution in [-0.2, 0) is 4.79 Å². The largest absolute Gasteiger partial charge is 0.327 e. The first-order valence-corrected chi connectivity index (χ1v) is 9.60. The molecule has 3 atom stereocenters. The average Bonchev–Trinajstić information content (AvgIpc) is 2.91. The maximum Gasteiger partial charge on any atom is 0.327 e. The molecule has 1 saturated heterocycles. The number of nitrogens with zero attached hydrogens (tertiary/aromatic N) is 2. The van der Waals surface area contributed by atoms with Crippen molar-refractivity contribution in [1.82, 2.24) is 9.80 Å². The van der Waals surface area contributed by atoms with E-state index in [0.29, 0.717) is 12.3 Å². The van der Waals surface area contributed by atoms with E-state index < -0.39 is 0 Å². The van der Waals surface area contributed by atoms with Gasteiger partial charge in [-0.1, -0.05) is 74.5 Å². The van der Waals surface area contributed by atoms with E-state index >= 15 is 0 Å². The highest BCUT2D eigenvalue weighted by Gasteiger charge is 2.45. The molecule has 0 unspecified atom stereocenters. The van der Waals surface area contributed by atoms with Crippen molar-refractivity contribution >= 4 is 11.9 Å². The summed E-state index contributed by atoms with van der Waals surface area (Å²) in [4.78, 5) is 29.3. The summed E-state index contributed by atoms with van der Waals surface area (Å²) in [7, 11) is 1.77. The van der Waals surface area contributed by atoms with Gasteiger partial charge in [-0.15, -0.1) is 0 Å². The monoisotopic (exact) mass is 364 g/mol. The third kappa shape index (κ3) is 3.75. The minimum absolute atomic E-state index is 0.0573. The van der Waals surface area contributed by atoms with E-state index in [2.05, 4.69) is 26.0 Å². The molecule has 2 aromatic carbocycles. The molecule has 0 spiro atoms. The van der Waals surface area contributed by atoms with Crippen LogP contribution in [0.15, 0.2) is 60.7 Å². The molecule has 4 nitrogen and oxygen atoms in total. The summed E-state index contributed by atoms with van der Waals surface area (Å²) in [5.41, 5.74) is 2.14. The Labute approximate surface area is 161 Å². The summed E-state index contributed by atoms with van der Waals surface area (Å²) in [6.45, 7) is 6.25. The molecule has 142 valence electrons. The lowest BCUT2D eigenvalue weighted by molar-refractivity contribution is -0.130. The third-order valence-electron chi connectivity index (χ3n) is 5.69. The van der Waals surface area contributed by atoms with Gasteiger partial charge in [-0.2, -0.15) is 0 Å². The number of urea groups is 1. The molecule has 0 radical (unpaired) electrons. The van der Waals surface area contributed by atoms with E-state index in [-0.39, 0.29) is 29.9 Å². The molecular weight excluding hydrogens is 336 g/mol. The van der Waals surface area contributed by atoms with Crippen molar-refractivity contribution in [2.75, 3.05) is 7.05 Å². The van der Waals surface area contributed by atoms with Crippen LogP contribution < -0.4 is 0 Å². The van der Waals surface area contributed by atoms with E-state index in [1.165, 1.54) is 4.90 Å². The molecule has 0 aromatic heterocycles. The summed E-state index contributed by atoms with van der Waals surface area (Å²) >= 11 is 0. The van der Waals surface area contributed by atoms with Crippen LogP contribution in [0.3, 0.4) is 0 Å². The average molecular weight is 364 g/mol. The zero-order valence-corrected chi connectivity index (χ0v) is 16.5. The van der Waals surface area contributed by atoms with Crippen LogP contribution in [0.2, 0.25) is 0 Å². The highest BCUT2D eigenvalue weighted by atomic mass is 16.2. The fourth-order valence-corrected chi connectivity index (χ4v) is 3.96. The number of benzene rings is 2. The Hall–Kier alpha value is -2.62. The van der Waals surface area contributed by atoms with Crippen molar-refractivity contribution in [3.63, 3.8) is 0 Å². The Morgan fingerprint density at radius 3 is 2.11 bits per heavy atom. The summed E-state index contributed by atoms with van der Waals surface area (Å²) in [5.74, 6) is 0.288. The molecule has 0 aliphatic carbocycles. The maximum atomic E-state index is 13.3. The fourth-order valence-electron chi connectivity index (χ4n) is 3.96. The highest BCUT2D eigenvalue weighted by molar-refractivity contribution is 5.97. The lowest BCUT2D eigenvalue weighted by Crippen LogP contribution is -2.37. The number of imide groups is 1. The number of carbonyl (C=O) groups excluding carboxylic acids is 2. The number of hydrogen-bond acceptors (Lipinski definition) is 2. The SMILES string of the molecule is CC(C)[C@@H](CC(=O)N1C(=O)N(C)[C@H](C)[C@@H]1c1ccccc1)c1ccccc1. The van der Waals surface area contributed by atoms with Crippen LogP contribution in [0.5, 0.6) is 0 Å². The second-order valence-electron chi connectivity index (χ2n) is 7.72. The van der Waals surface area contributed by atoms with E-state index in [0.717, 1.165) is 11.1 Å². The topological polar surface area (TPSA) is 40.6 Å². The Balaban J connectivity index is 1.90. The summed E-state index contributed by atoms with van der Waals surface area (Å²) in [6.07, 6.45) is 0.331. The molecule has 1 aliphatic rings. The lowest BCUT2D eigenvalue weighted by atomic mass is 9.85. The predicted octanol–water partition coefficient (Wildman–Crippen LogP) is 4.84. The summed E-state index contributed by atoms with van der Waals surface area (Å²) in [5, 5.41) is 0. The third-order valence-corrected chi connectivity index (χ3v) is 5.69. The van der Waals surface area contributed by atoms with Crippen LogP contribution >= 0.6 is 0 Å². The molecular formula is C23H28N2O2. The van der Waals surface area contributed by atoms with Crippen molar-refractivity contribution < 1.29 is 9.59 Å². The standard InChI is InChI=1S/C23H28N2O2/c1-16(2)20(18-11-7-5-8-12-18)15-21(26)25-22(17(3)24(4)23(25)27)19-13-9-6-10-14-19/h5-14,16-17,20,22H,15H2,1-4H3/t17-,20-,22-/m1/s1. The Kier molecular flexibility index (Phi) is 5.64. The van der Waals surface area contributed by atoms with Gasteiger partial charge in [0.2, 0.25) is 5.91 Å². The molecule has 0 N–H and O–H groups in total. The Morgan fingerprint density at radius 1 is 1.00 bits per heavy atom. The van der Waals surface area contributed by atoms with Crippen LogP contribution in [-0.4, -0.2) is 34.8 Å². The van der Waals surface area contributed by atoms with Crippen LogP contribution in [0.1, 0.15) is 50.3 Å². The van der Waals surface area contributed by atoms with Gasteiger partial charge in [0.15, 0.2) is 0 Å². The molecule has 1 heterocycles. The minimum atomic E-state index is -0.250. The summed E-state index contributed by atoms with van der Waals surface area (Å²) < 4.78 is 0. The smallest absolute Gasteiger partial charge is 0.322 e. The molecule has 0 bridgehead atoms. The maximum absolute atomic E-state index is 13.3. The van der Waals surface area contributed by atoms with Gasteiger partial charge in [-0.05, 0) is 29.9 Å². The molecule has 4 heteroatoms. The molecule has 1 aliphatic heterocycles. The lowest BCUT2D eigenvalue weighted by Gasteiger charge is -2.27. The Bertz CT molecular complexity index is 789. The van der Waals surface area contributed by atoms with Gasteiger partial charge in [0.1, 0.15) is 0 Å². The van der Waals surface area contributed by atoms with Crippen LogP contribution in [0.4, 0.5) is 4.79 Å². The molecule has 27 heavy (non-hydrogen) atoms. The van der Waals surface area contributed by atoms with Crippen molar-refractivity contribution in [2.24, 2.45) is 5.92 Å². The van der Waals surface area contributed by atoms with Gasteiger partial charge >= 0.3 is 6.03 Å². The van der Waals surface area contributed by atoms with Crippen molar-refractivity contribution in [3.8, 4) is 0 Å². The Morgan fingerprint density at radius 2 is 1.56 bits per heavy atom. The first-order chi connectivity index (χ1) is 12.9. The second kappa shape index (κ2) is 7.95. The van der Waals surface area contributed by atoms with Gasteiger partial charge in [-0.25, -0.2) is 4.79 Å². The number of rotatable bonds is 5. The van der Waals surface area contributed by atoms with Gasteiger partial charge in [0.25, 0.3) is 0 Å². The van der Waals surface area contributed by atoms with E-state index in [4.69, 9.17) is 0 Å². The van der Waals surface area contributed by atoms with E-state index in [9.17, 15) is 9.59 Å². The zero-order valence-electron chi connectivity index (χ0n) is 16.5. The van der Waals surface area contributed by atoms with Crippen molar-refractivity contribution in [3.05, 3.63) is 71.8 Å². The van der Waals surface area contributed by atoms with E-state index in [1.54, 1.807) is 11.9 Å². The molecule has 1 fully saturated rings. The first kappa shape index (κ1) is 19.2. The van der Waals surface area contributed by atoms with Crippen molar-refractivity contribution in [1.29, 1.82) is 0 Å². The van der Waals surface area contributed by atoms with Gasteiger partial charge in [0, 0.05) is 13.5 Å². The summed E-state index contributed by atoms with van der Waals surface area (Å²) in [6, 6.07) is 19.4. The van der Waals surface area contributed by atoms with Gasteiger partial charge < -0.3 is 4.90 Å². The predicted molar refractivity (Wildman–Crippen MR) is 107 cm³/mol. The van der Waals surface area contributed by atoms with Crippen molar-refractivity contribution in [2.45, 2.75) is 45.2 Å². The minimum Gasteiger partial charge on any atom is -0.322 e. The highest BCUT2D eigenvalue weighted by Crippen LogP contribution is 2.37. The van der Waals surface area contributed by atoms with Crippen LogP contribution in [0, 0.1) is 5.92 Å². The van der Waals surface area contributed by atoms with Crippen LogP contribution in [0.25, 0.3) is 0 Å². The normalized spacial score (nSPS) is 21.0. The molecule has 3 rings (SSSR count). The first-order valence-electron chi connectivity index (χ1n) is 9.60. The number of amides is 3. The quantitative estimate of drug-likeness (QED) is 0.762. The molecule has 0 saturated carbocycles. The van der Waals surface area contributed by atoms with Gasteiger partial charge in [0.05, 0.1) is 12.1 Å². The second-order valence-corrected chi connectivity index (χ2v) is 7.72. The van der Waals surface area contributed by atoms with Gasteiger partial charge in [-0.3, -0.25) is 9.69 Å². The molecule has 3 amide bonds. The number of hydrogen-bond donors (Lipinski definition) is 0. The number of likely N-dealkylation sites (N-methyl/N-ethyl adjacent to an activating group) is 1. The van der Waals surface area contributed by atoms with E-state index in [1.807, 2.05) is 55.5 Å².